The molecule has 0 fully saturated rings. The van der Waals surface area contributed by atoms with Crippen LogP contribution in [0.3, 0.4) is 0 Å². The van der Waals surface area contributed by atoms with Crippen LogP contribution < -0.4 is 5.32 Å². The minimum atomic E-state index is -0.334. The van der Waals surface area contributed by atoms with Crippen molar-refractivity contribution in [2.45, 2.75) is 6.42 Å². The van der Waals surface area contributed by atoms with Crippen molar-refractivity contribution < 1.29 is 4.79 Å². The van der Waals surface area contributed by atoms with E-state index in [1.807, 2.05) is 54.6 Å². The molecule has 4 heteroatoms. The van der Waals surface area contributed by atoms with E-state index in [2.05, 4.69) is 17.2 Å². The number of nitrogens with one attached hydrogen (secondary N) is 1. The van der Waals surface area contributed by atoms with Crippen LogP contribution in [0.5, 0.6) is 0 Å². The molecule has 0 spiro atoms. The summed E-state index contributed by atoms with van der Waals surface area (Å²) in [5.74, 6) is -0.433. The fraction of sp³-hybridized carbons (Fsp3) is 0.118. The van der Waals surface area contributed by atoms with Gasteiger partial charge in [0.05, 0.1) is 10.2 Å². The Balaban J connectivity index is 1.68. The normalized spacial score (nSPS) is 12.2. The topological polar surface area (TPSA) is 42.0 Å². The molecule has 0 bridgehead atoms. The van der Waals surface area contributed by atoms with Crippen molar-refractivity contribution >= 4 is 32.6 Å². The molecule has 3 aromatic rings. The summed E-state index contributed by atoms with van der Waals surface area (Å²) in [5, 5.41) is 3.49. The van der Waals surface area contributed by atoms with Gasteiger partial charge in [0.15, 0.2) is 5.13 Å². The Bertz CT molecular complexity index is 719. The monoisotopic (exact) mass is 295 g/mol. The maximum Gasteiger partial charge on any atom is 0.229 e. The second kappa shape index (κ2) is 6.06. The van der Waals surface area contributed by atoms with Crippen molar-refractivity contribution in [3.8, 4) is 0 Å². The Labute approximate surface area is 127 Å². The molecule has 0 saturated carbocycles. The number of nitrogens with zero attached hydrogens (tertiary/aromatic N) is 1. The molecule has 1 amide bonds. The minimum Gasteiger partial charge on any atom is -0.302 e. The standard InChI is InChI=1S/C17H15N2OS/c1-12(11-13-7-3-2-4-8-13)16(20)19-17-18-14-9-5-6-10-15(14)21-17/h2-10,12H,1,11H2,(H,18,19,20)/t12-/m0/s1. The number of fused-ring (bicyclic) bond motifs is 1. The Morgan fingerprint density at radius 3 is 2.62 bits per heavy atom. The molecule has 1 aromatic heterocycles. The number of thiazole rings is 1. The van der Waals surface area contributed by atoms with E-state index in [0.29, 0.717) is 11.6 Å². The zero-order valence-electron chi connectivity index (χ0n) is 11.5. The van der Waals surface area contributed by atoms with Crippen LogP contribution in [0, 0.1) is 12.8 Å². The van der Waals surface area contributed by atoms with Gasteiger partial charge in [0.1, 0.15) is 0 Å². The van der Waals surface area contributed by atoms with Crippen LogP contribution in [0.15, 0.2) is 54.6 Å². The van der Waals surface area contributed by atoms with Crippen molar-refractivity contribution in [3.63, 3.8) is 0 Å². The number of amides is 1. The van der Waals surface area contributed by atoms with E-state index in [9.17, 15) is 4.79 Å². The highest BCUT2D eigenvalue weighted by atomic mass is 32.1. The lowest BCUT2D eigenvalue weighted by atomic mass is 10.0. The van der Waals surface area contributed by atoms with Gasteiger partial charge in [-0.25, -0.2) is 4.98 Å². The predicted octanol–water partition coefficient (Wildman–Crippen LogP) is 3.93. The highest BCUT2D eigenvalue weighted by molar-refractivity contribution is 7.22. The largest absolute Gasteiger partial charge is 0.302 e. The summed E-state index contributed by atoms with van der Waals surface area (Å²) in [6.45, 7) is 3.95. The van der Waals surface area contributed by atoms with Gasteiger partial charge in [0.25, 0.3) is 0 Å². The maximum absolute atomic E-state index is 12.2. The predicted molar refractivity (Wildman–Crippen MR) is 87.2 cm³/mol. The molecule has 0 aliphatic rings. The molecule has 0 aliphatic heterocycles. The third-order valence-electron chi connectivity index (χ3n) is 3.22. The number of carbonyl (C=O) groups excluding carboxylic acids is 1. The number of anilines is 1. The van der Waals surface area contributed by atoms with E-state index in [1.165, 1.54) is 11.3 Å². The smallest absolute Gasteiger partial charge is 0.229 e. The fourth-order valence-corrected chi connectivity index (χ4v) is 2.99. The zero-order chi connectivity index (χ0) is 14.7. The number of hydrogen-bond acceptors (Lipinski definition) is 3. The highest BCUT2D eigenvalue weighted by Crippen LogP contribution is 2.25. The third-order valence-corrected chi connectivity index (χ3v) is 4.17. The van der Waals surface area contributed by atoms with Gasteiger partial charge in [-0.1, -0.05) is 53.8 Å². The highest BCUT2D eigenvalue weighted by Gasteiger charge is 2.15. The number of aromatic nitrogens is 1. The van der Waals surface area contributed by atoms with Crippen LogP contribution >= 0.6 is 11.3 Å². The van der Waals surface area contributed by atoms with Crippen molar-refractivity contribution in [3.05, 3.63) is 67.1 Å². The van der Waals surface area contributed by atoms with Crippen molar-refractivity contribution in [1.29, 1.82) is 0 Å². The van der Waals surface area contributed by atoms with Gasteiger partial charge in [-0.15, -0.1) is 0 Å². The first-order chi connectivity index (χ1) is 10.2. The summed E-state index contributed by atoms with van der Waals surface area (Å²) >= 11 is 1.48. The number of rotatable bonds is 4. The summed E-state index contributed by atoms with van der Waals surface area (Å²) in [4.78, 5) is 16.6. The molecule has 21 heavy (non-hydrogen) atoms. The van der Waals surface area contributed by atoms with Gasteiger partial charge in [-0.05, 0) is 31.0 Å². The second-order valence-corrected chi connectivity index (χ2v) is 5.89. The lowest BCUT2D eigenvalue weighted by molar-refractivity contribution is -0.118. The molecular formula is C17H15N2OS. The molecule has 1 atom stereocenters. The Morgan fingerprint density at radius 2 is 1.86 bits per heavy atom. The van der Waals surface area contributed by atoms with Crippen LogP contribution in [0.25, 0.3) is 10.2 Å². The molecule has 105 valence electrons. The van der Waals surface area contributed by atoms with E-state index in [4.69, 9.17) is 0 Å². The Hall–Kier alpha value is -2.20. The summed E-state index contributed by atoms with van der Waals surface area (Å²) in [6, 6.07) is 17.7. The summed E-state index contributed by atoms with van der Waals surface area (Å²) < 4.78 is 1.07. The van der Waals surface area contributed by atoms with Crippen molar-refractivity contribution in [2.24, 2.45) is 5.92 Å². The molecule has 2 aromatic carbocycles. The van der Waals surface area contributed by atoms with Crippen LogP contribution in [-0.4, -0.2) is 10.9 Å². The lowest BCUT2D eigenvalue weighted by Crippen LogP contribution is -2.22. The van der Waals surface area contributed by atoms with Crippen LogP contribution in [0.1, 0.15) is 5.56 Å². The van der Waals surface area contributed by atoms with Crippen LogP contribution in [-0.2, 0) is 11.2 Å². The molecule has 3 rings (SSSR count). The fourth-order valence-electron chi connectivity index (χ4n) is 2.12. The summed E-state index contributed by atoms with van der Waals surface area (Å²) in [5.41, 5.74) is 2.01. The molecule has 1 heterocycles. The first-order valence-corrected chi connectivity index (χ1v) is 7.57. The number of benzene rings is 2. The third kappa shape index (κ3) is 3.28. The van der Waals surface area contributed by atoms with Gasteiger partial charge in [0, 0.05) is 5.92 Å². The summed E-state index contributed by atoms with van der Waals surface area (Å²) in [6.07, 6.45) is 0.623. The van der Waals surface area contributed by atoms with Gasteiger partial charge >= 0.3 is 0 Å². The maximum atomic E-state index is 12.2. The quantitative estimate of drug-likeness (QED) is 0.792. The van der Waals surface area contributed by atoms with Gasteiger partial charge < -0.3 is 5.32 Å². The van der Waals surface area contributed by atoms with Crippen LogP contribution in [0.2, 0.25) is 0 Å². The molecule has 1 N–H and O–H groups in total. The number of para-hydroxylation sites is 1. The first kappa shape index (κ1) is 13.8. The molecule has 0 aliphatic carbocycles. The number of carbonyl (C=O) groups is 1. The average molecular weight is 295 g/mol. The van der Waals surface area contributed by atoms with E-state index in [-0.39, 0.29) is 11.8 Å². The minimum absolute atomic E-state index is 0.0992. The Kier molecular flexibility index (Phi) is 3.97. The molecular weight excluding hydrogens is 280 g/mol. The van der Waals surface area contributed by atoms with Crippen LogP contribution in [0.4, 0.5) is 5.13 Å². The SMILES string of the molecule is [CH2][C@@H](Cc1ccccc1)C(=O)Nc1nc2ccccc2s1. The van der Waals surface area contributed by atoms with E-state index in [0.717, 1.165) is 15.8 Å². The van der Waals surface area contributed by atoms with Crippen molar-refractivity contribution in [1.82, 2.24) is 4.98 Å². The first-order valence-electron chi connectivity index (χ1n) is 6.76. The molecule has 0 saturated heterocycles. The molecule has 0 unspecified atom stereocenters. The van der Waals surface area contributed by atoms with Gasteiger partial charge in [-0.2, -0.15) is 0 Å². The Morgan fingerprint density at radius 1 is 1.14 bits per heavy atom. The van der Waals surface area contributed by atoms with Crippen molar-refractivity contribution in [2.75, 3.05) is 5.32 Å². The summed E-state index contributed by atoms with van der Waals surface area (Å²) in [7, 11) is 0. The second-order valence-electron chi connectivity index (χ2n) is 4.86. The van der Waals surface area contributed by atoms with Gasteiger partial charge in [-0.3, -0.25) is 4.79 Å². The average Bonchev–Trinajstić information content (AvgIpc) is 2.90. The van der Waals surface area contributed by atoms with E-state index >= 15 is 0 Å². The lowest BCUT2D eigenvalue weighted by Gasteiger charge is -2.10. The molecule has 1 radical (unpaired) electrons. The number of hydrogen-bond donors (Lipinski definition) is 1. The van der Waals surface area contributed by atoms with E-state index < -0.39 is 0 Å². The van der Waals surface area contributed by atoms with Gasteiger partial charge in [0.2, 0.25) is 5.91 Å². The molecule has 3 nitrogen and oxygen atoms in total. The zero-order valence-corrected chi connectivity index (χ0v) is 12.3. The van der Waals surface area contributed by atoms with E-state index in [1.54, 1.807) is 0 Å².